The molecule has 4 rings (SSSR count). The number of aliphatic hydroxyl groups excluding tert-OH is 1. The summed E-state index contributed by atoms with van der Waals surface area (Å²) in [6.07, 6.45) is 0.881. The first-order valence-electron chi connectivity index (χ1n) is 8.94. The van der Waals surface area contributed by atoms with Gasteiger partial charge in [0, 0.05) is 22.6 Å². The summed E-state index contributed by atoms with van der Waals surface area (Å²) >= 11 is 0. The van der Waals surface area contributed by atoms with E-state index in [4.69, 9.17) is 4.74 Å². The number of amides is 2. The number of nitrogens with one attached hydrogen (secondary N) is 3. The van der Waals surface area contributed by atoms with Gasteiger partial charge in [-0.05, 0) is 43.7 Å². The van der Waals surface area contributed by atoms with Gasteiger partial charge < -0.3 is 25.5 Å². The van der Waals surface area contributed by atoms with Crippen molar-refractivity contribution in [3.05, 3.63) is 52.1 Å². The summed E-state index contributed by atoms with van der Waals surface area (Å²) in [6.45, 7) is 3.98. The molecule has 0 aliphatic carbocycles. The lowest BCUT2D eigenvalue weighted by Gasteiger charge is -2.14. The Balaban J connectivity index is 1.67. The molecule has 2 atom stereocenters. The van der Waals surface area contributed by atoms with Crippen molar-refractivity contribution in [1.82, 2.24) is 10.3 Å². The van der Waals surface area contributed by atoms with Crippen molar-refractivity contribution in [1.29, 1.82) is 0 Å². The number of hydrogen-bond donors (Lipinski definition) is 4. The highest BCUT2D eigenvalue weighted by Crippen LogP contribution is 2.34. The number of aromatic amines is 1. The number of hydrogen-bond acceptors (Lipinski definition) is 4. The minimum Gasteiger partial charge on any atom is -0.388 e. The topological polar surface area (TPSA) is 103 Å². The molecule has 3 heterocycles. The van der Waals surface area contributed by atoms with Gasteiger partial charge in [0.25, 0.3) is 11.8 Å². The average molecular weight is 385 g/mol. The molecule has 146 valence electrons. The molecule has 4 N–H and O–H groups in total. The molecule has 2 aromatic rings. The number of aryl methyl sites for hydroxylation is 1. The predicted molar refractivity (Wildman–Crippen MR) is 101 cm³/mol. The third-order valence-electron chi connectivity index (χ3n) is 5.12. The fourth-order valence-electron chi connectivity index (χ4n) is 3.63. The van der Waals surface area contributed by atoms with Crippen LogP contribution in [0.2, 0.25) is 0 Å². The zero-order chi connectivity index (χ0) is 20.0. The molecular formula is C20H20FN3O4. The van der Waals surface area contributed by atoms with Gasteiger partial charge in [0.15, 0.2) is 0 Å². The summed E-state index contributed by atoms with van der Waals surface area (Å²) in [6, 6.07) is 3.65. The molecule has 1 aromatic heterocycles. The number of aliphatic hydroxyl groups is 1. The minimum absolute atomic E-state index is 0.193. The van der Waals surface area contributed by atoms with Gasteiger partial charge in [-0.1, -0.05) is 0 Å². The number of fused-ring (bicyclic) bond motifs is 1. The first-order chi connectivity index (χ1) is 13.3. The highest BCUT2D eigenvalue weighted by Gasteiger charge is 2.30. The van der Waals surface area contributed by atoms with Crippen LogP contribution in [0.1, 0.15) is 32.9 Å². The van der Waals surface area contributed by atoms with Crippen molar-refractivity contribution in [2.24, 2.45) is 0 Å². The van der Waals surface area contributed by atoms with Crippen molar-refractivity contribution in [3.8, 4) is 0 Å². The molecule has 1 fully saturated rings. The third kappa shape index (κ3) is 3.10. The van der Waals surface area contributed by atoms with E-state index in [0.29, 0.717) is 39.3 Å². The normalized spacial score (nSPS) is 22.4. The van der Waals surface area contributed by atoms with Gasteiger partial charge in [-0.25, -0.2) is 4.39 Å². The van der Waals surface area contributed by atoms with Crippen molar-refractivity contribution in [2.75, 3.05) is 18.5 Å². The summed E-state index contributed by atoms with van der Waals surface area (Å²) in [5.41, 5.74) is 3.68. The first-order valence-corrected chi connectivity index (χ1v) is 8.94. The largest absolute Gasteiger partial charge is 0.388 e. The molecule has 0 saturated carbocycles. The summed E-state index contributed by atoms with van der Waals surface area (Å²) in [5.74, 6) is -1.09. The Kier molecular flexibility index (Phi) is 4.52. The maximum Gasteiger partial charge on any atom is 0.256 e. The lowest BCUT2D eigenvalue weighted by molar-refractivity contribution is -0.110. The Labute approximate surface area is 160 Å². The van der Waals surface area contributed by atoms with Crippen LogP contribution in [0.25, 0.3) is 11.6 Å². The molecule has 1 saturated heterocycles. The lowest BCUT2D eigenvalue weighted by Crippen LogP contribution is -2.42. The second kappa shape index (κ2) is 6.88. The highest BCUT2D eigenvalue weighted by molar-refractivity contribution is 6.34. The van der Waals surface area contributed by atoms with E-state index < -0.39 is 18.0 Å². The van der Waals surface area contributed by atoms with Gasteiger partial charge in [-0.2, -0.15) is 0 Å². The van der Waals surface area contributed by atoms with Crippen LogP contribution in [0.3, 0.4) is 0 Å². The van der Waals surface area contributed by atoms with Crippen LogP contribution in [0.5, 0.6) is 0 Å². The summed E-state index contributed by atoms with van der Waals surface area (Å²) in [5, 5.41) is 15.3. The van der Waals surface area contributed by atoms with Crippen molar-refractivity contribution >= 4 is 29.2 Å². The van der Waals surface area contributed by atoms with E-state index >= 15 is 0 Å². The molecule has 0 bridgehead atoms. The molecular weight excluding hydrogens is 365 g/mol. The Hall–Kier alpha value is -2.97. The number of H-pyrrole nitrogens is 1. The SMILES string of the molecule is Cc1[nH]c(C=C2C(=O)Nc3ccc(F)cc32)c(C)c1C(=O)NC1COCC1O. The van der Waals surface area contributed by atoms with Gasteiger partial charge in [-0.3, -0.25) is 9.59 Å². The fraction of sp³-hybridized carbons (Fsp3) is 0.300. The van der Waals surface area contributed by atoms with Crippen LogP contribution >= 0.6 is 0 Å². The molecule has 2 aliphatic rings. The molecule has 2 amide bonds. The Morgan fingerprint density at radius 2 is 2.14 bits per heavy atom. The van der Waals surface area contributed by atoms with Crippen LogP contribution in [0.4, 0.5) is 10.1 Å². The monoisotopic (exact) mass is 385 g/mol. The van der Waals surface area contributed by atoms with Crippen LogP contribution in [0, 0.1) is 19.7 Å². The summed E-state index contributed by atoms with van der Waals surface area (Å²) in [7, 11) is 0. The second-order valence-corrected chi connectivity index (χ2v) is 7.05. The van der Waals surface area contributed by atoms with Crippen LogP contribution in [0.15, 0.2) is 18.2 Å². The smallest absolute Gasteiger partial charge is 0.256 e. The van der Waals surface area contributed by atoms with E-state index in [1.165, 1.54) is 18.2 Å². The Morgan fingerprint density at radius 3 is 2.86 bits per heavy atom. The van der Waals surface area contributed by atoms with E-state index in [-0.39, 0.29) is 25.0 Å². The molecule has 7 nitrogen and oxygen atoms in total. The summed E-state index contributed by atoms with van der Waals surface area (Å²) < 4.78 is 18.8. The van der Waals surface area contributed by atoms with Crippen molar-refractivity contribution < 1.29 is 23.8 Å². The average Bonchev–Trinajstić information content (AvgIpc) is 3.26. The van der Waals surface area contributed by atoms with E-state index in [2.05, 4.69) is 15.6 Å². The number of carbonyl (C=O) groups is 2. The number of aromatic nitrogens is 1. The van der Waals surface area contributed by atoms with Crippen molar-refractivity contribution in [3.63, 3.8) is 0 Å². The minimum atomic E-state index is -0.737. The van der Waals surface area contributed by atoms with E-state index in [1.807, 2.05) is 0 Å². The van der Waals surface area contributed by atoms with Crippen molar-refractivity contribution in [2.45, 2.75) is 26.0 Å². The zero-order valence-corrected chi connectivity index (χ0v) is 15.4. The van der Waals surface area contributed by atoms with Gasteiger partial charge in [0.05, 0.1) is 36.5 Å². The van der Waals surface area contributed by atoms with Gasteiger partial charge in [0.1, 0.15) is 5.82 Å². The van der Waals surface area contributed by atoms with Crippen LogP contribution in [-0.2, 0) is 9.53 Å². The van der Waals surface area contributed by atoms with E-state index in [1.54, 1.807) is 19.9 Å². The van der Waals surface area contributed by atoms with Gasteiger partial charge in [-0.15, -0.1) is 0 Å². The molecule has 8 heteroatoms. The Bertz CT molecular complexity index is 1010. The molecule has 2 unspecified atom stereocenters. The molecule has 2 aliphatic heterocycles. The maximum absolute atomic E-state index is 13.6. The second-order valence-electron chi connectivity index (χ2n) is 7.05. The number of carbonyl (C=O) groups excluding carboxylic acids is 2. The molecule has 1 aromatic carbocycles. The lowest BCUT2D eigenvalue weighted by atomic mass is 10.0. The number of benzene rings is 1. The predicted octanol–water partition coefficient (Wildman–Crippen LogP) is 1.75. The summed E-state index contributed by atoms with van der Waals surface area (Å²) in [4.78, 5) is 28.1. The number of halogens is 1. The number of rotatable bonds is 3. The first kappa shape index (κ1) is 18.4. The standard InChI is InChI=1S/C20H20FN3O4/c1-9-15(6-13-12-5-11(21)3-4-14(12)23-19(13)26)22-10(2)18(9)20(27)24-16-7-28-8-17(16)25/h3-6,16-17,22,25H,7-8H2,1-2H3,(H,23,26)(H,24,27). The Morgan fingerprint density at radius 1 is 1.36 bits per heavy atom. The third-order valence-corrected chi connectivity index (χ3v) is 5.12. The maximum atomic E-state index is 13.6. The van der Waals surface area contributed by atoms with Gasteiger partial charge in [0.2, 0.25) is 0 Å². The van der Waals surface area contributed by atoms with E-state index in [0.717, 1.165) is 0 Å². The molecule has 0 spiro atoms. The van der Waals surface area contributed by atoms with Crippen LogP contribution in [-0.4, -0.2) is 47.3 Å². The quantitative estimate of drug-likeness (QED) is 0.605. The molecule has 0 radical (unpaired) electrons. The number of anilines is 1. The van der Waals surface area contributed by atoms with E-state index in [9.17, 15) is 19.1 Å². The molecule has 28 heavy (non-hydrogen) atoms. The highest BCUT2D eigenvalue weighted by atomic mass is 19.1. The zero-order valence-electron chi connectivity index (χ0n) is 15.4. The van der Waals surface area contributed by atoms with Gasteiger partial charge >= 0.3 is 0 Å². The fourth-order valence-corrected chi connectivity index (χ4v) is 3.63. The number of ether oxygens (including phenoxy) is 1. The van der Waals surface area contributed by atoms with Crippen LogP contribution < -0.4 is 10.6 Å².